The van der Waals surface area contributed by atoms with E-state index in [2.05, 4.69) is 5.32 Å². The molecule has 0 radical (unpaired) electrons. The predicted octanol–water partition coefficient (Wildman–Crippen LogP) is 2.14. The Morgan fingerprint density at radius 1 is 0.962 bits per heavy atom. The number of nitrogens with one attached hydrogen (secondary N) is 1. The summed E-state index contributed by atoms with van der Waals surface area (Å²) >= 11 is 0. The van der Waals surface area contributed by atoms with E-state index in [1.165, 1.54) is 11.8 Å². The summed E-state index contributed by atoms with van der Waals surface area (Å²) in [5, 5.41) is 2.68. The van der Waals surface area contributed by atoms with Crippen LogP contribution >= 0.6 is 0 Å². The first-order chi connectivity index (χ1) is 12.5. The normalized spacial score (nSPS) is 10.1. The molecule has 6 heteroatoms. The summed E-state index contributed by atoms with van der Waals surface area (Å²) in [7, 11) is 1.67. The Hall–Kier alpha value is -3.15. The fourth-order valence-electron chi connectivity index (χ4n) is 2.25. The van der Waals surface area contributed by atoms with E-state index in [1.807, 2.05) is 30.3 Å². The highest BCUT2D eigenvalue weighted by Gasteiger charge is 2.14. The molecule has 0 aliphatic carbocycles. The fourth-order valence-corrected chi connectivity index (χ4v) is 2.25. The van der Waals surface area contributed by atoms with Crippen LogP contribution in [-0.4, -0.2) is 36.3 Å². The van der Waals surface area contributed by atoms with Gasteiger partial charge in [0.15, 0.2) is 6.61 Å². The summed E-state index contributed by atoms with van der Waals surface area (Å²) < 4.78 is 5.09. The summed E-state index contributed by atoms with van der Waals surface area (Å²) in [6.07, 6.45) is 0. The topological polar surface area (TPSA) is 75.7 Å². The molecule has 0 aromatic heterocycles. The van der Waals surface area contributed by atoms with Crippen LogP contribution in [0.1, 0.15) is 28.4 Å². The summed E-state index contributed by atoms with van der Waals surface area (Å²) in [6.45, 7) is 1.98. The van der Waals surface area contributed by atoms with Crippen molar-refractivity contribution < 1.29 is 19.1 Å². The molecule has 2 rings (SSSR count). The van der Waals surface area contributed by atoms with Gasteiger partial charge in [0.2, 0.25) is 5.91 Å². The van der Waals surface area contributed by atoms with Crippen molar-refractivity contribution in [1.29, 1.82) is 0 Å². The monoisotopic (exact) mass is 354 g/mol. The van der Waals surface area contributed by atoms with E-state index in [0.717, 1.165) is 11.1 Å². The van der Waals surface area contributed by atoms with E-state index >= 15 is 0 Å². The maximum atomic E-state index is 12.1. The Morgan fingerprint density at radius 2 is 1.62 bits per heavy atom. The first-order valence-corrected chi connectivity index (χ1v) is 8.24. The van der Waals surface area contributed by atoms with E-state index in [1.54, 1.807) is 31.3 Å². The van der Waals surface area contributed by atoms with Gasteiger partial charge < -0.3 is 15.0 Å². The van der Waals surface area contributed by atoms with Gasteiger partial charge in [-0.15, -0.1) is 0 Å². The van der Waals surface area contributed by atoms with Crippen molar-refractivity contribution in [1.82, 2.24) is 10.2 Å². The van der Waals surface area contributed by atoms with Gasteiger partial charge in [-0.2, -0.15) is 0 Å². The maximum Gasteiger partial charge on any atom is 0.338 e. The molecule has 0 aliphatic rings. The van der Waals surface area contributed by atoms with Crippen LogP contribution in [0.5, 0.6) is 0 Å². The van der Waals surface area contributed by atoms with Gasteiger partial charge >= 0.3 is 5.97 Å². The third-order valence-corrected chi connectivity index (χ3v) is 3.75. The molecule has 0 fully saturated rings. The minimum absolute atomic E-state index is 0.119. The Bertz CT molecular complexity index is 757. The van der Waals surface area contributed by atoms with Gasteiger partial charge in [0.25, 0.3) is 5.91 Å². The van der Waals surface area contributed by atoms with Gasteiger partial charge in [-0.05, 0) is 23.3 Å². The number of nitrogens with zero attached hydrogens (tertiary/aromatic N) is 1. The lowest BCUT2D eigenvalue weighted by atomic mass is 10.1. The van der Waals surface area contributed by atoms with Crippen molar-refractivity contribution in [2.75, 3.05) is 13.7 Å². The van der Waals surface area contributed by atoms with Gasteiger partial charge in [-0.1, -0.05) is 42.5 Å². The van der Waals surface area contributed by atoms with Crippen molar-refractivity contribution in [2.24, 2.45) is 0 Å². The van der Waals surface area contributed by atoms with E-state index in [0.29, 0.717) is 18.7 Å². The largest absolute Gasteiger partial charge is 0.452 e. The van der Waals surface area contributed by atoms with Gasteiger partial charge in [-0.3, -0.25) is 9.59 Å². The standard InChI is InChI=1S/C20H22N2O4/c1-15(23)21-12-16-8-10-18(11-9-16)20(25)26-14-19(24)22(2)13-17-6-4-3-5-7-17/h3-11H,12-14H2,1-2H3,(H,21,23). The fraction of sp³-hybridized carbons (Fsp3) is 0.250. The summed E-state index contributed by atoms with van der Waals surface area (Å²) in [4.78, 5) is 36.5. The molecule has 26 heavy (non-hydrogen) atoms. The van der Waals surface area contributed by atoms with Gasteiger partial charge in [0.1, 0.15) is 0 Å². The molecule has 2 amide bonds. The Balaban J connectivity index is 1.81. The minimum Gasteiger partial charge on any atom is -0.452 e. The third kappa shape index (κ3) is 6.05. The lowest BCUT2D eigenvalue weighted by Crippen LogP contribution is -2.30. The number of rotatable bonds is 7. The zero-order chi connectivity index (χ0) is 18.9. The molecule has 0 saturated heterocycles. The van der Waals surface area contributed by atoms with E-state index in [9.17, 15) is 14.4 Å². The van der Waals surface area contributed by atoms with E-state index < -0.39 is 5.97 Å². The first kappa shape index (κ1) is 19.2. The highest BCUT2D eigenvalue weighted by molar-refractivity contribution is 5.91. The SMILES string of the molecule is CC(=O)NCc1ccc(C(=O)OCC(=O)N(C)Cc2ccccc2)cc1. The first-order valence-electron chi connectivity index (χ1n) is 8.24. The van der Waals surface area contributed by atoms with Gasteiger partial charge in [0, 0.05) is 27.1 Å². The van der Waals surface area contributed by atoms with Crippen LogP contribution < -0.4 is 5.32 Å². The number of esters is 1. The number of likely N-dealkylation sites (N-methyl/N-ethyl adjacent to an activating group) is 1. The number of hydrogen-bond donors (Lipinski definition) is 1. The number of ether oxygens (including phenoxy) is 1. The molecule has 2 aromatic carbocycles. The molecule has 0 saturated carbocycles. The van der Waals surface area contributed by atoms with Crippen LogP contribution in [0.15, 0.2) is 54.6 Å². The summed E-state index contributed by atoms with van der Waals surface area (Å²) in [6, 6.07) is 16.3. The molecule has 0 unspecified atom stereocenters. The van der Waals surface area contributed by atoms with Gasteiger partial charge in [-0.25, -0.2) is 4.79 Å². The number of amides is 2. The maximum absolute atomic E-state index is 12.1. The summed E-state index contributed by atoms with van der Waals surface area (Å²) in [5.41, 5.74) is 2.23. The summed E-state index contributed by atoms with van der Waals surface area (Å²) in [5.74, 6) is -0.950. The zero-order valence-electron chi connectivity index (χ0n) is 14.9. The molecule has 0 atom stereocenters. The zero-order valence-corrected chi connectivity index (χ0v) is 14.9. The van der Waals surface area contributed by atoms with Crippen LogP contribution in [-0.2, 0) is 27.4 Å². The molecule has 0 heterocycles. The second-order valence-corrected chi connectivity index (χ2v) is 5.92. The Kier molecular flexibility index (Phi) is 6.91. The highest BCUT2D eigenvalue weighted by Crippen LogP contribution is 2.07. The Labute approximate surface area is 152 Å². The van der Waals surface area contributed by atoms with Crippen molar-refractivity contribution in [3.8, 4) is 0 Å². The van der Waals surface area contributed by atoms with Gasteiger partial charge in [0.05, 0.1) is 5.56 Å². The van der Waals surface area contributed by atoms with Crippen molar-refractivity contribution >= 4 is 17.8 Å². The average Bonchev–Trinajstić information content (AvgIpc) is 2.65. The van der Waals surface area contributed by atoms with Crippen LogP contribution in [0, 0.1) is 0 Å². The number of benzene rings is 2. The van der Waals surface area contributed by atoms with Crippen LogP contribution in [0.3, 0.4) is 0 Å². The molecule has 0 bridgehead atoms. The van der Waals surface area contributed by atoms with Crippen LogP contribution in [0.4, 0.5) is 0 Å². The lowest BCUT2D eigenvalue weighted by Gasteiger charge is -2.17. The number of carbonyl (C=O) groups is 3. The van der Waals surface area contributed by atoms with E-state index in [4.69, 9.17) is 4.74 Å². The molecule has 0 aliphatic heterocycles. The number of carbonyl (C=O) groups excluding carboxylic acids is 3. The predicted molar refractivity (Wildman–Crippen MR) is 97.2 cm³/mol. The molecule has 0 spiro atoms. The molecular formula is C20H22N2O4. The Morgan fingerprint density at radius 3 is 2.23 bits per heavy atom. The minimum atomic E-state index is -0.558. The molecular weight excluding hydrogens is 332 g/mol. The highest BCUT2D eigenvalue weighted by atomic mass is 16.5. The third-order valence-electron chi connectivity index (χ3n) is 3.75. The van der Waals surface area contributed by atoms with Crippen LogP contribution in [0.25, 0.3) is 0 Å². The molecule has 136 valence electrons. The molecule has 6 nitrogen and oxygen atoms in total. The van der Waals surface area contributed by atoms with Crippen molar-refractivity contribution in [2.45, 2.75) is 20.0 Å². The van der Waals surface area contributed by atoms with Crippen molar-refractivity contribution in [3.63, 3.8) is 0 Å². The lowest BCUT2D eigenvalue weighted by molar-refractivity contribution is -0.133. The second-order valence-electron chi connectivity index (χ2n) is 5.92. The second kappa shape index (κ2) is 9.36. The molecule has 2 aromatic rings. The van der Waals surface area contributed by atoms with E-state index in [-0.39, 0.29) is 18.4 Å². The molecule has 1 N–H and O–H groups in total. The number of hydrogen-bond acceptors (Lipinski definition) is 4. The smallest absolute Gasteiger partial charge is 0.338 e. The van der Waals surface area contributed by atoms with Crippen LogP contribution in [0.2, 0.25) is 0 Å². The average molecular weight is 354 g/mol. The quantitative estimate of drug-likeness (QED) is 0.773. The van der Waals surface area contributed by atoms with Crippen molar-refractivity contribution in [3.05, 3.63) is 71.3 Å².